The molecular weight excluding hydrogens is 1220 g/mol. The second-order valence-corrected chi connectivity index (χ2v) is 25.1. The van der Waals surface area contributed by atoms with Crippen LogP contribution in [0.25, 0.3) is 11.1 Å². The third-order valence-electron chi connectivity index (χ3n) is 14.7. The van der Waals surface area contributed by atoms with Crippen molar-refractivity contribution in [1.29, 1.82) is 0 Å². The first kappa shape index (κ1) is 68.9. The van der Waals surface area contributed by atoms with Crippen molar-refractivity contribution in [2.45, 2.75) is 118 Å². The number of sulfone groups is 1. The predicted octanol–water partition coefficient (Wildman–Crippen LogP) is 11.0. The Morgan fingerprint density at radius 3 is 1.92 bits per heavy atom. The van der Waals surface area contributed by atoms with Gasteiger partial charge >= 0.3 is 17.9 Å². The molecule has 0 bridgehead atoms. The van der Waals surface area contributed by atoms with Gasteiger partial charge in [-0.2, -0.15) is 5.10 Å². The molecular formula is C66H74Cl2N6O15S. The summed E-state index contributed by atoms with van der Waals surface area (Å²) >= 11 is 11.4. The van der Waals surface area contributed by atoms with Crippen molar-refractivity contribution in [2.24, 2.45) is 22.8 Å². The van der Waals surface area contributed by atoms with E-state index in [0.29, 0.717) is 102 Å². The van der Waals surface area contributed by atoms with Crippen molar-refractivity contribution in [3.63, 3.8) is 0 Å². The first-order chi connectivity index (χ1) is 42.7. The standard InChI is InChI=1S/C23H32N2O4.C18H17NO3.C16H17N3O5S.C9H8Cl2O3/c1-7-16-13-15(3)14-17(8-2)18(16)19-20(26)24-9-11-28-12-10-25(24)21(19)29-22(27)23(4,5)6;1-2-21-17(20)16-13-18(22-19-16,14-9-5-3-6-10-14)15-11-7-4-8-12-15;1-9-10(15(20)11-8-17-19(2)16(11)21)4-5-13(25(3,22)23)14(9)12-6-7-24-18-12;1-5(9(12)13)14-8-3-2-6(10)4-7(8)11/h13-14H,7-12H2,1-6H3;3-12H,2,13H2,1H3;4-5,8,21H,6-7H2,1-3H3;2-5H,1H3,(H,12,13). The zero-order valence-corrected chi connectivity index (χ0v) is 54.4. The number of aromatic nitrogens is 4. The molecule has 2 N–H and O–H groups in total. The van der Waals surface area contributed by atoms with Crippen molar-refractivity contribution in [3.8, 4) is 28.6 Å². The second kappa shape index (κ2) is 29.8. The lowest BCUT2D eigenvalue weighted by molar-refractivity contribution is -0.144. The number of benzene rings is 5. The number of nitrogens with zero attached hydrogens (tertiary/aromatic N) is 6. The predicted molar refractivity (Wildman–Crippen MR) is 341 cm³/mol. The number of ether oxygens (including phenoxy) is 4. The van der Waals surface area contributed by atoms with Crippen LogP contribution in [-0.2, 0) is 81.9 Å². The highest BCUT2D eigenvalue weighted by Gasteiger charge is 2.45. The topological polar surface area (TPSA) is 268 Å². The number of carbonyl (C=O) groups is 4. The van der Waals surface area contributed by atoms with E-state index in [0.717, 1.165) is 46.9 Å². The molecule has 7 aromatic rings. The molecule has 478 valence electrons. The van der Waals surface area contributed by atoms with Crippen molar-refractivity contribution in [3.05, 3.63) is 180 Å². The molecule has 5 aromatic carbocycles. The Kier molecular flexibility index (Phi) is 22.8. The SMILES string of the molecule is CC(Oc1ccc(Cl)cc1Cl)C(=O)O.CCOC(=O)C1=NOC(c2ccccc2)(c2ccccc2)C1.CCc1cc(C)cc(CC)c1-c1c(OC(=O)C(C)(C)C)n2n(c1=O)CCOCC2.Cc1c(C(=O)c2cnn(C)c2O)ccc(S(C)(=O)=O)c1C1=NOCC1. The van der Waals surface area contributed by atoms with Crippen LogP contribution in [0.15, 0.2) is 129 Å². The minimum Gasteiger partial charge on any atom is -0.493 e. The van der Waals surface area contributed by atoms with E-state index in [1.54, 1.807) is 29.3 Å². The maximum absolute atomic E-state index is 13.5. The molecule has 21 nitrogen and oxygen atoms in total. The molecule has 0 fully saturated rings. The molecule has 5 heterocycles. The highest BCUT2D eigenvalue weighted by Crippen LogP contribution is 2.42. The number of aliphatic carboxylic acids is 1. The molecule has 1 unspecified atom stereocenters. The lowest BCUT2D eigenvalue weighted by atomic mass is 9.82. The number of oxime groups is 2. The van der Waals surface area contributed by atoms with Crippen molar-refractivity contribution in [1.82, 2.24) is 19.1 Å². The quantitative estimate of drug-likeness (QED) is 0.0713. The van der Waals surface area contributed by atoms with Crippen LogP contribution in [0.1, 0.15) is 116 Å². The summed E-state index contributed by atoms with van der Waals surface area (Å²) in [5.74, 6) is -1.86. The summed E-state index contributed by atoms with van der Waals surface area (Å²) in [6, 6.07) is 31.3. The van der Waals surface area contributed by atoms with Crippen molar-refractivity contribution >= 4 is 68.2 Å². The lowest BCUT2D eigenvalue weighted by Gasteiger charge is -2.27. The molecule has 2 aromatic heterocycles. The van der Waals surface area contributed by atoms with Crippen molar-refractivity contribution in [2.75, 3.05) is 32.7 Å². The third-order valence-corrected chi connectivity index (χ3v) is 16.4. The molecule has 0 saturated heterocycles. The van der Waals surface area contributed by atoms with Crippen LogP contribution >= 0.6 is 23.2 Å². The van der Waals surface area contributed by atoms with E-state index >= 15 is 0 Å². The number of esters is 2. The number of rotatable bonds is 15. The number of hydrogen-bond donors (Lipinski definition) is 2. The summed E-state index contributed by atoms with van der Waals surface area (Å²) in [6.07, 6.45) is 3.86. The summed E-state index contributed by atoms with van der Waals surface area (Å²) < 4.78 is 50.5. The molecule has 0 saturated carbocycles. The van der Waals surface area contributed by atoms with E-state index in [-0.39, 0.29) is 33.4 Å². The molecule has 24 heteroatoms. The van der Waals surface area contributed by atoms with Gasteiger partial charge in [0.1, 0.15) is 23.5 Å². The van der Waals surface area contributed by atoms with Gasteiger partial charge in [-0.15, -0.1) is 0 Å². The van der Waals surface area contributed by atoms with Gasteiger partial charge in [0.05, 0.1) is 66.6 Å². The Labute approximate surface area is 532 Å². The Hall–Kier alpha value is -8.57. The molecule has 0 spiro atoms. The second-order valence-electron chi connectivity index (χ2n) is 22.2. The van der Waals surface area contributed by atoms with E-state index < -0.39 is 44.7 Å². The average molecular weight is 1290 g/mol. The Bertz CT molecular complexity index is 3960. The number of aryl methyl sites for hydroxylation is 4. The molecule has 90 heavy (non-hydrogen) atoms. The number of carboxylic acids is 1. The van der Waals surface area contributed by atoms with Crippen LogP contribution in [0.4, 0.5) is 0 Å². The summed E-state index contributed by atoms with van der Waals surface area (Å²) in [5.41, 5.74) is 7.12. The number of carboxylic acid groups (broad SMARTS) is 1. The van der Waals surface area contributed by atoms with Crippen LogP contribution in [0.2, 0.25) is 10.0 Å². The minimum atomic E-state index is -3.52. The maximum Gasteiger partial charge on any atom is 0.356 e. The monoisotopic (exact) mass is 1290 g/mol. The zero-order chi connectivity index (χ0) is 65.8. The van der Waals surface area contributed by atoms with Crippen LogP contribution in [0.5, 0.6) is 17.5 Å². The fraction of sp³-hybridized carbons (Fsp3) is 0.364. The van der Waals surface area contributed by atoms with E-state index in [2.05, 4.69) is 48.3 Å². The highest BCUT2D eigenvalue weighted by atomic mass is 35.5. The number of fused-ring (bicyclic) bond motifs is 1. The largest absolute Gasteiger partial charge is 0.493 e. The Balaban J connectivity index is 0.000000175. The van der Waals surface area contributed by atoms with Gasteiger partial charge in [-0.25, -0.2) is 32.1 Å². The fourth-order valence-corrected chi connectivity index (χ4v) is 11.5. The smallest absolute Gasteiger partial charge is 0.356 e. The van der Waals surface area contributed by atoms with Gasteiger partial charge in [0, 0.05) is 47.0 Å². The third kappa shape index (κ3) is 15.9. The Morgan fingerprint density at radius 2 is 1.41 bits per heavy atom. The molecule has 0 amide bonds. The molecule has 3 aliphatic heterocycles. The average Bonchev–Trinajstić information content (AvgIpc) is 1.55. The van der Waals surface area contributed by atoms with Gasteiger partial charge in [-0.05, 0) is 114 Å². The lowest BCUT2D eigenvalue weighted by Crippen LogP contribution is -2.29. The first-order valence-electron chi connectivity index (χ1n) is 29.1. The van der Waals surface area contributed by atoms with Gasteiger partial charge in [-0.3, -0.25) is 14.4 Å². The van der Waals surface area contributed by atoms with Crippen molar-refractivity contribution < 1.29 is 66.4 Å². The number of carbonyl (C=O) groups excluding carboxylic acids is 3. The van der Waals surface area contributed by atoms with Crippen LogP contribution in [0.3, 0.4) is 0 Å². The van der Waals surface area contributed by atoms with E-state index in [1.807, 2.05) is 81.4 Å². The normalized spacial score (nSPS) is 14.4. The van der Waals surface area contributed by atoms with Crippen LogP contribution < -0.4 is 15.0 Å². The van der Waals surface area contributed by atoms with Crippen LogP contribution in [0, 0.1) is 19.3 Å². The molecule has 0 aliphatic carbocycles. The molecule has 0 radical (unpaired) electrons. The molecule has 3 aliphatic rings. The van der Waals surface area contributed by atoms with E-state index in [9.17, 15) is 37.5 Å². The summed E-state index contributed by atoms with van der Waals surface area (Å²) in [7, 11) is -2.00. The molecule has 10 rings (SSSR count). The van der Waals surface area contributed by atoms with Gasteiger partial charge in [-0.1, -0.05) is 126 Å². The van der Waals surface area contributed by atoms with Gasteiger partial charge < -0.3 is 38.8 Å². The highest BCUT2D eigenvalue weighted by molar-refractivity contribution is 7.90. The fourth-order valence-electron chi connectivity index (χ4n) is 10.1. The summed E-state index contributed by atoms with van der Waals surface area (Å²) in [4.78, 5) is 72.4. The van der Waals surface area contributed by atoms with E-state index in [1.165, 1.54) is 54.7 Å². The Morgan fingerprint density at radius 1 is 0.800 bits per heavy atom. The number of aromatic hydroxyl groups is 1. The number of ketones is 1. The number of halogens is 2. The van der Waals surface area contributed by atoms with Gasteiger partial charge in [0.15, 0.2) is 33.0 Å². The summed E-state index contributed by atoms with van der Waals surface area (Å²) in [5, 5.41) is 31.1. The minimum absolute atomic E-state index is 0.0493. The van der Waals surface area contributed by atoms with Gasteiger partial charge in [0.2, 0.25) is 11.8 Å². The van der Waals surface area contributed by atoms with Crippen LogP contribution in [-0.4, -0.2) is 112 Å². The number of hydrogen-bond acceptors (Lipinski definition) is 17. The maximum atomic E-state index is 13.5. The van der Waals surface area contributed by atoms with Gasteiger partial charge in [0.25, 0.3) is 5.56 Å². The molecule has 1 atom stereocenters. The van der Waals surface area contributed by atoms with E-state index in [4.69, 9.17) is 56.9 Å². The first-order valence-corrected chi connectivity index (χ1v) is 31.7. The zero-order valence-electron chi connectivity index (χ0n) is 52.1. The summed E-state index contributed by atoms with van der Waals surface area (Å²) in [6.45, 7) is 19.1.